The van der Waals surface area contributed by atoms with Crippen LogP contribution >= 0.6 is 0 Å². The average Bonchev–Trinajstić information content (AvgIpc) is 2.54. The lowest BCUT2D eigenvalue weighted by Crippen LogP contribution is -2.37. The molecule has 1 amide bonds. The van der Waals surface area contributed by atoms with E-state index in [2.05, 4.69) is 10.6 Å². The van der Waals surface area contributed by atoms with E-state index in [0.29, 0.717) is 6.04 Å². The molecule has 2 N–H and O–H groups in total. The topological polar surface area (TPSA) is 41.1 Å². The summed E-state index contributed by atoms with van der Waals surface area (Å²) in [4.78, 5) is 11.0. The summed E-state index contributed by atoms with van der Waals surface area (Å²) in [6.07, 6.45) is 10.2. The Bertz CT molecular complexity index is 222. The smallest absolute Gasteiger partial charge is 0.220 e. The van der Waals surface area contributed by atoms with E-state index < -0.39 is 0 Å². The van der Waals surface area contributed by atoms with E-state index in [9.17, 15) is 4.79 Å². The summed E-state index contributed by atoms with van der Waals surface area (Å²) in [5.74, 6) is 1.10. The SMILES string of the molecule is O=C1CCC(CNCC2CCCCCC2)N1. The molecule has 2 rings (SSSR count). The lowest BCUT2D eigenvalue weighted by atomic mass is 10.0. The number of hydrogen-bond donors (Lipinski definition) is 2. The van der Waals surface area contributed by atoms with Gasteiger partial charge >= 0.3 is 0 Å². The highest BCUT2D eigenvalue weighted by atomic mass is 16.1. The van der Waals surface area contributed by atoms with Gasteiger partial charge in [0.25, 0.3) is 0 Å². The van der Waals surface area contributed by atoms with Crippen molar-refractivity contribution in [3.63, 3.8) is 0 Å². The molecule has 1 atom stereocenters. The molecule has 1 aliphatic carbocycles. The Morgan fingerprint density at radius 3 is 2.44 bits per heavy atom. The number of carbonyl (C=O) groups is 1. The van der Waals surface area contributed by atoms with Gasteiger partial charge in [0.1, 0.15) is 0 Å². The minimum absolute atomic E-state index is 0.223. The molecule has 0 bridgehead atoms. The highest BCUT2D eigenvalue weighted by Gasteiger charge is 2.20. The number of rotatable bonds is 4. The van der Waals surface area contributed by atoms with E-state index in [4.69, 9.17) is 0 Å². The van der Waals surface area contributed by atoms with Gasteiger partial charge < -0.3 is 10.6 Å². The summed E-state index contributed by atoms with van der Waals surface area (Å²) >= 11 is 0. The largest absolute Gasteiger partial charge is 0.352 e. The number of carbonyl (C=O) groups excluding carboxylic acids is 1. The van der Waals surface area contributed by atoms with Crippen molar-refractivity contribution in [2.45, 2.75) is 57.4 Å². The van der Waals surface area contributed by atoms with Crippen molar-refractivity contribution >= 4 is 5.91 Å². The summed E-state index contributed by atoms with van der Waals surface area (Å²) in [6, 6.07) is 0.387. The Labute approximate surface area is 98.4 Å². The minimum atomic E-state index is 0.223. The minimum Gasteiger partial charge on any atom is -0.352 e. The quantitative estimate of drug-likeness (QED) is 0.715. The fourth-order valence-electron chi connectivity index (χ4n) is 2.86. The van der Waals surface area contributed by atoms with Crippen LogP contribution in [0.2, 0.25) is 0 Å². The van der Waals surface area contributed by atoms with Crippen LogP contribution in [-0.2, 0) is 4.79 Å². The zero-order valence-electron chi connectivity index (χ0n) is 10.1. The first-order valence-corrected chi connectivity index (χ1v) is 6.84. The summed E-state index contributed by atoms with van der Waals surface area (Å²) in [7, 11) is 0. The molecule has 2 aliphatic rings. The zero-order chi connectivity index (χ0) is 11.2. The highest BCUT2D eigenvalue weighted by molar-refractivity contribution is 5.78. The van der Waals surface area contributed by atoms with E-state index in [1.807, 2.05) is 0 Å². The van der Waals surface area contributed by atoms with Gasteiger partial charge in [0.15, 0.2) is 0 Å². The molecule has 0 aromatic heterocycles. The van der Waals surface area contributed by atoms with Gasteiger partial charge in [-0.15, -0.1) is 0 Å². The van der Waals surface area contributed by atoms with E-state index in [1.165, 1.54) is 38.5 Å². The van der Waals surface area contributed by atoms with Crippen molar-refractivity contribution < 1.29 is 4.79 Å². The summed E-state index contributed by atoms with van der Waals surface area (Å²) in [5, 5.41) is 6.53. The lowest BCUT2D eigenvalue weighted by Gasteiger charge is -2.17. The van der Waals surface area contributed by atoms with Crippen LogP contribution in [0.4, 0.5) is 0 Å². The van der Waals surface area contributed by atoms with Gasteiger partial charge in [-0.2, -0.15) is 0 Å². The molecular formula is C13H24N2O. The van der Waals surface area contributed by atoms with Crippen molar-refractivity contribution in [2.24, 2.45) is 5.92 Å². The Kier molecular flexibility index (Phi) is 4.64. The third-order valence-corrected chi connectivity index (χ3v) is 3.88. The Balaban J connectivity index is 1.58. The molecule has 1 unspecified atom stereocenters. The molecule has 0 aromatic carbocycles. The molecule has 0 radical (unpaired) electrons. The van der Waals surface area contributed by atoms with E-state index in [0.717, 1.165) is 31.8 Å². The maximum absolute atomic E-state index is 11.0. The molecular weight excluding hydrogens is 200 g/mol. The second-order valence-corrected chi connectivity index (χ2v) is 5.32. The maximum Gasteiger partial charge on any atom is 0.220 e. The van der Waals surface area contributed by atoms with Crippen molar-refractivity contribution in [1.82, 2.24) is 10.6 Å². The Morgan fingerprint density at radius 2 is 1.81 bits per heavy atom. The van der Waals surface area contributed by atoms with Crippen molar-refractivity contribution in [3.05, 3.63) is 0 Å². The maximum atomic E-state index is 11.0. The summed E-state index contributed by atoms with van der Waals surface area (Å²) in [6.45, 7) is 2.11. The van der Waals surface area contributed by atoms with Crippen molar-refractivity contribution in [2.75, 3.05) is 13.1 Å². The Hall–Kier alpha value is -0.570. The van der Waals surface area contributed by atoms with Crippen LogP contribution in [0.15, 0.2) is 0 Å². The van der Waals surface area contributed by atoms with Crippen LogP contribution in [0.25, 0.3) is 0 Å². The second kappa shape index (κ2) is 6.24. The predicted molar refractivity (Wildman–Crippen MR) is 65.2 cm³/mol. The van der Waals surface area contributed by atoms with Gasteiger partial charge in [-0.3, -0.25) is 4.79 Å². The van der Waals surface area contributed by atoms with Crippen LogP contribution in [0.5, 0.6) is 0 Å². The fourth-order valence-corrected chi connectivity index (χ4v) is 2.86. The van der Waals surface area contributed by atoms with Crippen LogP contribution in [0, 0.1) is 5.92 Å². The van der Waals surface area contributed by atoms with Gasteiger partial charge in [-0.1, -0.05) is 25.7 Å². The van der Waals surface area contributed by atoms with Gasteiger partial charge in [-0.05, 0) is 31.7 Å². The third kappa shape index (κ3) is 3.78. The number of amides is 1. The van der Waals surface area contributed by atoms with E-state index >= 15 is 0 Å². The first kappa shape index (κ1) is 11.9. The summed E-state index contributed by atoms with van der Waals surface area (Å²) < 4.78 is 0. The molecule has 3 heteroatoms. The molecule has 2 fully saturated rings. The monoisotopic (exact) mass is 224 g/mol. The molecule has 92 valence electrons. The van der Waals surface area contributed by atoms with Crippen molar-refractivity contribution in [1.29, 1.82) is 0 Å². The van der Waals surface area contributed by atoms with Gasteiger partial charge in [-0.25, -0.2) is 0 Å². The van der Waals surface area contributed by atoms with Crippen LogP contribution in [0.1, 0.15) is 51.4 Å². The molecule has 0 aromatic rings. The van der Waals surface area contributed by atoms with Gasteiger partial charge in [0, 0.05) is 19.0 Å². The summed E-state index contributed by atoms with van der Waals surface area (Å²) in [5.41, 5.74) is 0. The van der Waals surface area contributed by atoms with Crippen LogP contribution < -0.4 is 10.6 Å². The molecule has 3 nitrogen and oxygen atoms in total. The van der Waals surface area contributed by atoms with E-state index in [-0.39, 0.29) is 5.91 Å². The molecule has 1 aliphatic heterocycles. The standard InChI is InChI=1S/C13H24N2O/c16-13-8-7-12(15-13)10-14-9-11-5-3-1-2-4-6-11/h11-12,14H,1-10H2,(H,15,16). The third-order valence-electron chi connectivity index (χ3n) is 3.88. The predicted octanol–water partition coefficient (Wildman–Crippen LogP) is 1.82. The normalized spacial score (nSPS) is 27.8. The molecule has 16 heavy (non-hydrogen) atoms. The average molecular weight is 224 g/mol. The number of hydrogen-bond acceptors (Lipinski definition) is 2. The van der Waals surface area contributed by atoms with E-state index in [1.54, 1.807) is 0 Å². The molecule has 1 heterocycles. The molecule has 1 saturated carbocycles. The Morgan fingerprint density at radius 1 is 1.06 bits per heavy atom. The highest BCUT2D eigenvalue weighted by Crippen LogP contribution is 2.22. The first-order valence-electron chi connectivity index (χ1n) is 6.84. The lowest BCUT2D eigenvalue weighted by molar-refractivity contribution is -0.119. The zero-order valence-corrected chi connectivity index (χ0v) is 10.1. The van der Waals surface area contributed by atoms with Crippen molar-refractivity contribution in [3.8, 4) is 0 Å². The second-order valence-electron chi connectivity index (χ2n) is 5.32. The first-order chi connectivity index (χ1) is 7.84. The van der Waals surface area contributed by atoms with Crippen LogP contribution in [0.3, 0.4) is 0 Å². The molecule has 0 spiro atoms. The van der Waals surface area contributed by atoms with Crippen LogP contribution in [-0.4, -0.2) is 25.0 Å². The number of nitrogens with one attached hydrogen (secondary N) is 2. The molecule has 1 saturated heterocycles. The van der Waals surface area contributed by atoms with Gasteiger partial charge in [0.05, 0.1) is 0 Å². The fraction of sp³-hybridized carbons (Fsp3) is 0.923. The van der Waals surface area contributed by atoms with Gasteiger partial charge in [0.2, 0.25) is 5.91 Å².